The molecule has 1 atom stereocenters. The Labute approximate surface area is 123 Å². The standard InChI is InChI=1S/C10H11Cl2N3O3S/c1-2-17-8(16)7(5-4-19-9(13)14-5)15-18-6-3-10(6,11)12/h4,6H,2-3H2,1H3,(H2,13,14)/b15-7-. The molecular formula is C10H11Cl2N3O3S. The number of esters is 1. The summed E-state index contributed by atoms with van der Waals surface area (Å²) >= 11 is 12.8. The summed E-state index contributed by atoms with van der Waals surface area (Å²) in [6.45, 7) is 1.91. The summed E-state index contributed by atoms with van der Waals surface area (Å²) in [7, 11) is 0. The Hall–Kier alpha value is -1.05. The van der Waals surface area contributed by atoms with E-state index < -0.39 is 16.4 Å². The molecule has 0 aliphatic heterocycles. The highest BCUT2D eigenvalue weighted by Crippen LogP contribution is 2.49. The van der Waals surface area contributed by atoms with Crippen LogP contribution in [0.4, 0.5) is 5.13 Å². The van der Waals surface area contributed by atoms with E-state index in [1.54, 1.807) is 12.3 Å². The lowest BCUT2D eigenvalue weighted by molar-refractivity contribution is -0.135. The third kappa shape index (κ3) is 3.49. The maximum absolute atomic E-state index is 11.8. The van der Waals surface area contributed by atoms with Gasteiger partial charge in [-0.05, 0) is 6.92 Å². The van der Waals surface area contributed by atoms with Gasteiger partial charge in [0.05, 0.1) is 6.61 Å². The van der Waals surface area contributed by atoms with E-state index in [9.17, 15) is 4.79 Å². The second-order valence-corrected chi connectivity index (χ2v) is 6.22. The van der Waals surface area contributed by atoms with E-state index in [1.807, 2.05) is 0 Å². The number of hydrogen-bond acceptors (Lipinski definition) is 7. The van der Waals surface area contributed by atoms with Crippen molar-refractivity contribution < 1.29 is 14.4 Å². The molecule has 19 heavy (non-hydrogen) atoms. The number of nitrogens with two attached hydrogens (primary N) is 1. The van der Waals surface area contributed by atoms with Crippen LogP contribution in [0.3, 0.4) is 0 Å². The molecule has 1 aromatic heterocycles. The summed E-state index contributed by atoms with van der Waals surface area (Å²) in [6, 6.07) is 0. The van der Waals surface area contributed by atoms with Gasteiger partial charge in [0.2, 0.25) is 5.71 Å². The molecule has 1 saturated carbocycles. The number of carbonyl (C=O) groups excluding carboxylic acids is 1. The third-order valence-electron chi connectivity index (χ3n) is 2.27. The van der Waals surface area contributed by atoms with Gasteiger partial charge in [0.25, 0.3) is 0 Å². The molecule has 2 rings (SSSR count). The second kappa shape index (κ2) is 5.52. The SMILES string of the molecule is CCOC(=O)/C(=N\OC1CC1(Cl)Cl)c1csc(N)n1. The Morgan fingerprint density at radius 2 is 2.42 bits per heavy atom. The van der Waals surface area contributed by atoms with Gasteiger partial charge in [0.15, 0.2) is 15.6 Å². The summed E-state index contributed by atoms with van der Waals surface area (Å²) in [5.41, 5.74) is 5.77. The van der Waals surface area contributed by atoms with Crippen molar-refractivity contribution in [3.8, 4) is 0 Å². The predicted octanol–water partition coefficient (Wildman–Crippen LogP) is 1.96. The van der Waals surface area contributed by atoms with Gasteiger partial charge in [0, 0.05) is 11.8 Å². The van der Waals surface area contributed by atoms with Gasteiger partial charge in [-0.1, -0.05) is 28.4 Å². The molecule has 0 bridgehead atoms. The van der Waals surface area contributed by atoms with Crippen LogP contribution in [0, 0.1) is 0 Å². The summed E-state index contributed by atoms with van der Waals surface area (Å²) in [4.78, 5) is 20.8. The van der Waals surface area contributed by atoms with Crippen molar-refractivity contribution in [2.45, 2.75) is 23.8 Å². The lowest BCUT2D eigenvalue weighted by Crippen LogP contribution is -2.20. The van der Waals surface area contributed by atoms with E-state index in [0.29, 0.717) is 17.2 Å². The van der Waals surface area contributed by atoms with E-state index in [0.717, 1.165) is 0 Å². The van der Waals surface area contributed by atoms with Crippen LogP contribution in [0.5, 0.6) is 0 Å². The molecular weight excluding hydrogens is 313 g/mol. The molecule has 0 radical (unpaired) electrons. The fourth-order valence-electron chi connectivity index (χ4n) is 1.20. The molecule has 1 aromatic rings. The Morgan fingerprint density at radius 3 is 2.89 bits per heavy atom. The first-order valence-electron chi connectivity index (χ1n) is 5.44. The number of anilines is 1. The molecule has 0 spiro atoms. The van der Waals surface area contributed by atoms with Gasteiger partial charge in [-0.3, -0.25) is 0 Å². The molecule has 1 aliphatic rings. The van der Waals surface area contributed by atoms with Crippen molar-refractivity contribution in [1.82, 2.24) is 4.98 Å². The Morgan fingerprint density at radius 1 is 1.74 bits per heavy atom. The van der Waals surface area contributed by atoms with Gasteiger partial charge in [-0.15, -0.1) is 11.3 Å². The molecule has 2 N–H and O–H groups in total. The van der Waals surface area contributed by atoms with Crippen molar-refractivity contribution in [3.63, 3.8) is 0 Å². The minimum atomic E-state index is -0.940. The van der Waals surface area contributed by atoms with Crippen LogP contribution >= 0.6 is 34.5 Å². The van der Waals surface area contributed by atoms with Crippen molar-refractivity contribution in [2.24, 2.45) is 5.16 Å². The largest absolute Gasteiger partial charge is 0.461 e. The highest BCUT2D eigenvalue weighted by molar-refractivity contribution is 7.13. The first kappa shape index (κ1) is 14.4. The van der Waals surface area contributed by atoms with Gasteiger partial charge in [0.1, 0.15) is 5.69 Å². The van der Waals surface area contributed by atoms with E-state index in [2.05, 4.69) is 10.1 Å². The minimum absolute atomic E-state index is 0.0502. The van der Waals surface area contributed by atoms with Crippen LogP contribution in [-0.2, 0) is 14.4 Å². The first-order valence-corrected chi connectivity index (χ1v) is 7.07. The fourth-order valence-corrected chi connectivity index (χ4v) is 2.11. The van der Waals surface area contributed by atoms with Crippen LogP contribution < -0.4 is 5.73 Å². The zero-order valence-corrected chi connectivity index (χ0v) is 12.3. The van der Waals surface area contributed by atoms with Gasteiger partial charge < -0.3 is 15.3 Å². The van der Waals surface area contributed by atoms with Gasteiger partial charge in [-0.25, -0.2) is 9.78 Å². The van der Waals surface area contributed by atoms with E-state index >= 15 is 0 Å². The highest BCUT2D eigenvalue weighted by Gasteiger charge is 2.55. The average molecular weight is 324 g/mol. The summed E-state index contributed by atoms with van der Waals surface area (Å²) in [5, 5.41) is 5.66. The molecule has 9 heteroatoms. The monoisotopic (exact) mass is 323 g/mol. The number of oxime groups is 1. The zero-order chi connectivity index (χ0) is 14.0. The average Bonchev–Trinajstić information content (AvgIpc) is 2.72. The topological polar surface area (TPSA) is 86.8 Å². The lowest BCUT2D eigenvalue weighted by Gasteiger charge is -2.04. The Kier molecular flexibility index (Phi) is 4.17. The summed E-state index contributed by atoms with van der Waals surface area (Å²) in [6.07, 6.45) is 0.0193. The number of aromatic nitrogens is 1. The van der Waals surface area contributed by atoms with Crippen LogP contribution in [0.2, 0.25) is 0 Å². The molecule has 0 aromatic carbocycles. The maximum Gasteiger partial charge on any atom is 0.362 e. The van der Waals surface area contributed by atoms with Crippen molar-refractivity contribution >= 4 is 51.4 Å². The van der Waals surface area contributed by atoms with Crippen LogP contribution in [-0.4, -0.2) is 33.7 Å². The molecule has 1 unspecified atom stereocenters. The maximum atomic E-state index is 11.8. The fraction of sp³-hybridized carbons (Fsp3) is 0.500. The smallest absolute Gasteiger partial charge is 0.362 e. The van der Waals surface area contributed by atoms with Crippen LogP contribution in [0.1, 0.15) is 19.0 Å². The van der Waals surface area contributed by atoms with Crippen LogP contribution in [0.15, 0.2) is 10.5 Å². The molecule has 0 amide bonds. The molecule has 0 saturated heterocycles. The van der Waals surface area contributed by atoms with E-state index in [1.165, 1.54) is 11.3 Å². The number of nitrogen functional groups attached to an aromatic ring is 1. The third-order valence-corrected chi connectivity index (χ3v) is 3.74. The van der Waals surface area contributed by atoms with E-state index in [4.69, 9.17) is 38.5 Å². The molecule has 1 aliphatic carbocycles. The Balaban J connectivity index is 2.14. The van der Waals surface area contributed by atoms with Crippen molar-refractivity contribution in [2.75, 3.05) is 12.3 Å². The van der Waals surface area contributed by atoms with E-state index in [-0.39, 0.29) is 12.3 Å². The molecule has 104 valence electrons. The minimum Gasteiger partial charge on any atom is -0.461 e. The van der Waals surface area contributed by atoms with Gasteiger partial charge >= 0.3 is 5.97 Å². The number of thiazole rings is 1. The second-order valence-electron chi connectivity index (χ2n) is 3.79. The zero-order valence-electron chi connectivity index (χ0n) is 9.93. The predicted molar refractivity (Wildman–Crippen MR) is 73.6 cm³/mol. The summed E-state index contributed by atoms with van der Waals surface area (Å²) in [5.74, 6) is -0.636. The van der Waals surface area contributed by atoms with Crippen molar-refractivity contribution in [3.05, 3.63) is 11.1 Å². The van der Waals surface area contributed by atoms with Gasteiger partial charge in [-0.2, -0.15) is 0 Å². The lowest BCUT2D eigenvalue weighted by atomic mass is 10.3. The number of halogens is 2. The molecule has 6 nitrogen and oxygen atoms in total. The van der Waals surface area contributed by atoms with Crippen LogP contribution in [0.25, 0.3) is 0 Å². The summed E-state index contributed by atoms with van der Waals surface area (Å²) < 4.78 is 3.94. The number of carbonyl (C=O) groups is 1. The number of hydrogen-bond donors (Lipinski definition) is 1. The quantitative estimate of drug-likeness (QED) is 0.387. The normalized spacial score (nSPS) is 21.0. The Bertz CT molecular complexity index is 518. The number of rotatable bonds is 5. The first-order chi connectivity index (χ1) is 8.94. The molecule has 1 fully saturated rings. The highest BCUT2D eigenvalue weighted by atomic mass is 35.5. The van der Waals surface area contributed by atoms with Crippen molar-refractivity contribution in [1.29, 1.82) is 0 Å². The molecule has 1 heterocycles. The number of ether oxygens (including phenoxy) is 1. The number of alkyl halides is 2. The number of nitrogens with zero attached hydrogens (tertiary/aromatic N) is 2.